The van der Waals surface area contributed by atoms with Crippen LogP contribution in [0, 0.1) is 5.92 Å². The van der Waals surface area contributed by atoms with E-state index in [0.717, 1.165) is 30.3 Å². The number of carbonyl (C=O) groups excluding carboxylic acids is 1. The molecule has 0 bridgehead atoms. The standard InChI is InChI=1S/C13H20BNO/c1-5-9(4)12-10(6-8(2)3)13(14)15-11(12)7-16/h7-9,15H,5-6H2,1-4H3. The van der Waals surface area contributed by atoms with E-state index in [1.807, 2.05) is 0 Å². The fraction of sp³-hybridized carbons (Fsp3) is 0.615. The summed E-state index contributed by atoms with van der Waals surface area (Å²) in [7, 11) is 5.94. The van der Waals surface area contributed by atoms with E-state index in [4.69, 9.17) is 7.85 Å². The van der Waals surface area contributed by atoms with Gasteiger partial charge < -0.3 is 4.98 Å². The second-order valence-electron chi connectivity index (χ2n) is 4.87. The molecule has 1 aromatic heterocycles. The van der Waals surface area contributed by atoms with E-state index < -0.39 is 0 Å². The fourth-order valence-corrected chi connectivity index (χ4v) is 2.08. The summed E-state index contributed by atoms with van der Waals surface area (Å²) in [4.78, 5) is 14.0. The molecule has 0 fully saturated rings. The van der Waals surface area contributed by atoms with Gasteiger partial charge >= 0.3 is 0 Å². The molecule has 1 N–H and O–H groups in total. The highest BCUT2D eigenvalue weighted by atomic mass is 16.1. The van der Waals surface area contributed by atoms with Gasteiger partial charge in [0.15, 0.2) is 6.29 Å². The van der Waals surface area contributed by atoms with Gasteiger partial charge in [0.1, 0.15) is 7.85 Å². The summed E-state index contributed by atoms with van der Waals surface area (Å²) in [6.07, 6.45) is 2.82. The average Bonchev–Trinajstić information content (AvgIpc) is 2.54. The number of nitrogens with one attached hydrogen (secondary N) is 1. The summed E-state index contributed by atoms with van der Waals surface area (Å²) in [5.41, 5.74) is 3.56. The Hall–Kier alpha value is -0.985. The van der Waals surface area contributed by atoms with E-state index >= 15 is 0 Å². The van der Waals surface area contributed by atoms with Crippen molar-refractivity contribution in [1.29, 1.82) is 0 Å². The summed E-state index contributed by atoms with van der Waals surface area (Å²) < 4.78 is 0. The van der Waals surface area contributed by atoms with Gasteiger partial charge in [0.2, 0.25) is 0 Å². The maximum Gasteiger partial charge on any atom is 0.166 e. The highest BCUT2D eigenvalue weighted by Gasteiger charge is 2.18. The van der Waals surface area contributed by atoms with Crippen molar-refractivity contribution in [3.05, 3.63) is 16.8 Å². The Labute approximate surface area is 99.2 Å². The number of carbonyl (C=O) groups is 1. The molecule has 1 heterocycles. The number of aromatic nitrogens is 1. The predicted molar refractivity (Wildman–Crippen MR) is 68.8 cm³/mol. The maximum atomic E-state index is 11.0. The number of aldehydes is 1. The minimum Gasteiger partial charge on any atom is -0.366 e. The molecule has 3 heteroatoms. The number of rotatable bonds is 5. The molecule has 0 aliphatic heterocycles. The quantitative estimate of drug-likeness (QED) is 0.595. The van der Waals surface area contributed by atoms with Crippen molar-refractivity contribution in [2.45, 2.75) is 46.5 Å². The van der Waals surface area contributed by atoms with Crippen LogP contribution in [0.15, 0.2) is 0 Å². The lowest BCUT2D eigenvalue weighted by Crippen LogP contribution is -2.13. The molecule has 16 heavy (non-hydrogen) atoms. The van der Waals surface area contributed by atoms with E-state index in [-0.39, 0.29) is 0 Å². The Kier molecular flexibility index (Phi) is 4.39. The zero-order valence-electron chi connectivity index (χ0n) is 10.6. The minimum atomic E-state index is 0.377. The summed E-state index contributed by atoms with van der Waals surface area (Å²) in [5.74, 6) is 0.919. The molecule has 0 aliphatic carbocycles. The normalized spacial score (nSPS) is 13.1. The van der Waals surface area contributed by atoms with Crippen LogP contribution in [0.25, 0.3) is 0 Å². The van der Waals surface area contributed by atoms with Crippen molar-refractivity contribution in [2.75, 3.05) is 0 Å². The monoisotopic (exact) mass is 217 g/mol. The first-order valence-corrected chi connectivity index (χ1v) is 5.96. The predicted octanol–water partition coefficient (Wildman–Crippen LogP) is 2.33. The average molecular weight is 217 g/mol. The van der Waals surface area contributed by atoms with Crippen LogP contribution in [-0.2, 0) is 6.42 Å². The zero-order chi connectivity index (χ0) is 12.3. The Morgan fingerprint density at radius 2 is 2.00 bits per heavy atom. The van der Waals surface area contributed by atoms with Gasteiger partial charge in [-0.1, -0.05) is 27.7 Å². The smallest absolute Gasteiger partial charge is 0.166 e. The third-order valence-corrected chi connectivity index (χ3v) is 3.05. The lowest BCUT2D eigenvalue weighted by Gasteiger charge is -2.14. The summed E-state index contributed by atoms with van der Waals surface area (Å²) in [5, 5.41) is 0. The second-order valence-corrected chi connectivity index (χ2v) is 4.87. The van der Waals surface area contributed by atoms with Gasteiger partial charge in [-0.05, 0) is 41.4 Å². The Morgan fingerprint density at radius 3 is 2.44 bits per heavy atom. The summed E-state index contributed by atoms with van der Waals surface area (Å²) in [6.45, 7) is 8.59. The topological polar surface area (TPSA) is 32.9 Å². The molecule has 86 valence electrons. The maximum absolute atomic E-state index is 11.0. The van der Waals surface area contributed by atoms with Crippen molar-refractivity contribution in [3.63, 3.8) is 0 Å². The Morgan fingerprint density at radius 1 is 1.38 bits per heavy atom. The second kappa shape index (κ2) is 5.38. The third kappa shape index (κ3) is 2.57. The van der Waals surface area contributed by atoms with Crippen LogP contribution in [0.1, 0.15) is 61.6 Å². The van der Waals surface area contributed by atoms with E-state index in [2.05, 4.69) is 32.7 Å². The van der Waals surface area contributed by atoms with Crippen LogP contribution in [0.5, 0.6) is 0 Å². The highest BCUT2D eigenvalue weighted by molar-refractivity contribution is 6.32. The summed E-state index contributed by atoms with van der Waals surface area (Å²) >= 11 is 0. The van der Waals surface area contributed by atoms with Gasteiger partial charge in [-0.3, -0.25) is 4.79 Å². The van der Waals surface area contributed by atoms with Crippen molar-refractivity contribution in [2.24, 2.45) is 5.92 Å². The van der Waals surface area contributed by atoms with E-state index in [0.29, 0.717) is 23.1 Å². The lowest BCUT2D eigenvalue weighted by atomic mass is 9.86. The molecule has 0 saturated heterocycles. The van der Waals surface area contributed by atoms with Crippen molar-refractivity contribution in [1.82, 2.24) is 4.98 Å². The van der Waals surface area contributed by atoms with Crippen LogP contribution in [0.3, 0.4) is 0 Å². The van der Waals surface area contributed by atoms with Crippen LogP contribution in [0.4, 0.5) is 0 Å². The molecule has 1 atom stereocenters. The molecular formula is C13H20BNO. The third-order valence-electron chi connectivity index (χ3n) is 3.05. The fourth-order valence-electron chi connectivity index (χ4n) is 2.08. The molecule has 2 nitrogen and oxygen atoms in total. The lowest BCUT2D eigenvalue weighted by molar-refractivity contribution is 0.111. The molecule has 1 unspecified atom stereocenters. The van der Waals surface area contributed by atoms with Crippen molar-refractivity contribution in [3.8, 4) is 0 Å². The number of hydrogen-bond donors (Lipinski definition) is 1. The van der Waals surface area contributed by atoms with Crippen molar-refractivity contribution >= 4 is 19.7 Å². The molecule has 0 spiro atoms. The number of H-pyrrole nitrogens is 1. The van der Waals surface area contributed by atoms with E-state index in [9.17, 15) is 4.79 Å². The van der Waals surface area contributed by atoms with Gasteiger partial charge in [-0.15, -0.1) is 0 Å². The van der Waals surface area contributed by atoms with E-state index in [1.54, 1.807) is 0 Å². The van der Waals surface area contributed by atoms with Gasteiger partial charge in [0.25, 0.3) is 0 Å². The van der Waals surface area contributed by atoms with Gasteiger partial charge in [0, 0.05) is 0 Å². The number of hydrogen-bond acceptors (Lipinski definition) is 1. The Bertz CT molecular complexity index is 368. The van der Waals surface area contributed by atoms with Crippen LogP contribution < -0.4 is 5.59 Å². The van der Waals surface area contributed by atoms with Crippen molar-refractivity contribution < 1.29 is 4.79 Å². The van der Waals surface area contributed by atoms with Crippen LogP contribution >= 0.6 is 0 Å². The molecule has 0 aromatic carbocycles. The largest absolute Gasteiger partial charge is 0.366 e. The first kappa shape index (κ1) is 13.1. The minimum absolute atomic E-state index is 0.377. The molecule has 0 aliphatic rings. The molecule has 0 saturated carbocycles. The first-order valence-electron chi connectivity index (χ1n) is 5.96. The van der Waals surface area contributed by atoms with Gasteiger partial charge in [-0.2, -0.15) is 0 Å². The molecule has 1 aromatic rings. The first-order chi connectivity index (χ1) is 7.51. The SMILES string of the molecule is [B]c1[nH]c(C=O)c(C(C)CC)c1CC(C)C. The van der Waals surface area contributed by atoms with Crippen LogP contribution in [-0.4, -0.2) is 19.1 Å². The van der Waals surface area contributed by atoms with Gasteiger partial charge in [0.05, 0.1) is 5.69 Å². The van der Waals surface area contributed by atoms with Gasteiger partial charge in [-0.25, -0.2) is 0 Å². The summed E-state index contributed by atoms with van der Waals surface area (Å²) in [6, 6.07) is 0. The zero-order valence-corrected chi connectivity index (χ0v) is 10.6. The molecule has 2 radical (unpaired) electrons. The van der Waals surface area contributed by atoms with E-state index in [1.165, 1.54) is 0 Å². The number of aromatic amines is 1. The Balaban J connectivity index is 3.22. The highest BCUT2D eigenvalue weighted by Crippen LogP contribution is 2.26. The molecular weight excluding hydrogens is 197 g/mol. The molecule has 1 rings (SSSR count). The molecule has 0 amide bonds. The van der Waals surface area contributed by atoms with Crippen LogP contribution in [0.2, 0.25) is 0 Å².